The monoisotopic (exact) mass is 498 g/mol. The van der Waals surface area contributed by atoms with Crippen LogP contribution in [0.15, 0.2) is 138 Å². The fourth-order valence-electron chi connectivity index (χ4n) is 5.26. The summed E-state index contributed by atoms with van der Waals surface area (Å²) in [6.07, 6.45) is 3.67. The standard InChI is InChI=1S/C36H22N2O/c37-22-24-5-1-6-29(21-24)25-12-16-27(17-13-25)31-8-2-10-33-34-11-3-9-32(36(34)39-35(31)33)28-18-14-26(15-19-28)30-7-4-20-38-23-30/h1-21,23H. The van der Waals surface area contributed by atoms with Crippen molar-refractivity contribution in [2.24, 2.45) is 0 Å². The van der Waals surface area contributed by atoms with Crippen molar-refractivity contribution in [3.05, 3.63) is 139 Å². The first-order chi connectivity index (χ1) is 19.3. The van der Waals surface area contributed by atoms with E-state index in [9.17, 15) is 5.26 Å². The van der Waals surface area contributed by atoms with E-state index in [1.54, 1.807) is 6.20 Å². The normalized spacial score (nSPS) is 11.1. The summed E-state index contributed by atoms with van der Waals surface area (Å²) in [4.78, 5) is 4.24. The third-order valence-electron chi connectivity index (χ3n) is 7.24. The first kappa shape index (κ1) is 22.7. The SMILES string of the molecule is N#Cc1cccc(-c2ccc(-c3cccc4c3oc3c(-c5ccc(-c6cccnc6)cc5)cccc34)cc2)c1. The average molecular weight is 499 g/mol. The number of benzene rings is 5. The molecule has 0 bridgehead atoms. The minimum absolute atomic E-state index is 0.658. The van der Waals surface area contributed by atoms with E-state index in [-0.39, 0.29) is 0 Å². The van der Waals surface area contributed by atoms with Gasteiger partial charge in [0, 0.05) is 34.3 Å². The smallest absolute Gasteiger partial charge is 0.143 e. The van der Waals surface area contributed by atoms with Crippen LogP contribution in [0.25, 0.3) is 66.4 Å². The Morgan fingerprint density at radius 2 is 1.05 bits per heavy atom. The van der Waals surface area contributed by atoms with Gasteiger partial charge in [0.2, 0.25) is 0 Å². The molecule has 5 aromatic carbocycles. The highest BCUT2D eigenvalue weighted by Crippen LogP contribution is 2.40. The Balaban J connectivity index is 1.30. The number of furan rings is 1. The maximum absolute atomic E-state index is 9.25. The molecule has 0 aliphatic rings. The molecule has 39 heavy (non-hydrogen) atoms. The van der Waals surface area contributed by atoms with Gasteiger partial charge in [-0.1, -0.05) is 103 Å². The molecule has 7 rings (SSSR count). The van der Waals surface area contributed by atoms with Crippen LogP contribution in [0.1, 0.15) is 5.56 Å². The molecular weight excluding hydrogens is 476 g/mol. The first-order valence-electron chi connectivity index (χ1n) is 12.8. The summed E-state index contributed by atoms with van der Waals surface area (Å²) in [7, 11) is 0. The Morgan fingerprint density at radius 1 is 0.513 bits per heavy atom. The largest absolute Gasteiger partial charge is 0.455 e. The van der Waals surface area contributed by atoms with Crippen LogP contribution >= 0.6 is 0 Å². The summed E-state index contributed by atoms with van der Waals surface area (Å²) in [5, 5.41) is 11.5. The molecule has 0 fully saturated rings. The summed E-state index contributed by atoms with van der Waals surface area (Å²) in [6, 6.07) is 43.6. The van der Waals surface area contributed by atoms with Crippen molar-refractivity contribution in [1.82, 2.24) is 4.98 Å². The van der Waals surface area contributed by atoms with Crippen molar-refractivity contribution in [2.75, 3.05) is 0 Å². The predicted molar refractivity (Wildman–Crippen MR) is 158 cm³/mol. The van der Waals surface area contributed by atoms with Gasteiger partial charge in [-0.15, -0.1) is 0 Å². The highest BCUT2D eigenvalue weighted by Gasteiger charge is 2.15. The molecule has 0 radical (unpaired) electrons. The van der Waals surface area contributed by atoms with E-state index in [0.717, 1.165) is 66.4 Å². The van der Waals surface area contributed by atoms with Gasteiger partial charge in [0.25, 0.3) is 0 Å². The molecule has 0 unspecified atom stereocenters. The summed E-state index contributed by atoms with van der Waals surface area (Å²) in [5.41, 5.74) is 11.1. The van der Waals surface area contributed by atoms with Gasteiger partial charge in [0.05, 0.1) is 11.6 Å². The number of rotatable bonds is 4. The van der Waals surface area contributed by atoms with Gasteiger partial charge < -0.3 is 4.42 Å². The lowest BCUT2D eigenvalue weighted by Gasteiger charge is -2.06. The number of fused-ring (bicyclic) bond motifs is 3. The molecule has 7 aromatic rings. The van der Waals surface area contributed by atoms with Crippen LogP contribution in [0.5, 0.6) is 0 Å². The molecular formula is C36H22N2O. The van der Waals surface area contributed by atoms with Crippen LogP contribution < -0.4 is 0 Å². The molecule has 2 aromatic heterocycles. The minimum Gasteiger partial charge on any atom is -0.455 e. The Bertz CT molecular complexity index is 2000. The lowest BCUT2D eigenvalue weighted by atomic mass is 9.97. The molecule has 0 aliphatic heterocycles. The van der Waals surface area contributed by atoms with Crippen LogP contribution in [0, 0.1) is 11.3 Å². The fraction of sp³-hybridized carbons (Fsp3) is 0. The Morgan fingerprint density at radius 3 is 1.62 bits per heavy atom. The molecule has 0 N–H and O–H groups in total. The molecule has 0 amide bonds. The van der Waals surface area contributed by atoms with Crippen molar-refractivity contribution < 1.29 is 4.42 Å². The van der Waals surface area contributed by atoms with Gasteiger partial charge in [0.1, 0.15) is 11.2 Å². The van der Waals surface area contributed by atoms with Gasteiger partial charge in [-0.05, 0) is 51.6 Å². The number of pyridine rings is 1. The predicted octanol–water partition coefficient (Wildman–Crippen LogP) is 9.52. The number of hydrogen-bond donors (Lipinski definition) is 0. The lowest BCUT2D eigenvalue weighted by Crippen LogP contribution is -1.82. The molecule has 0 saturated carbocycles. The van der Waals surface area contributed by atoms with Crippen LogP contribution in [-0.2, 0) is 0 Å². The topological polar surface area (TPSA) is 49.8 Å². The zero-order valence-electron chi connectivity index (χ0n) is 21.0. The molecule has 182 valence electrons. The van der Waals surface area contributed by atoms with Crippen LogP contribution in [0.2, 0.25) is 0 Å². The third kappa shape index (κ3) is 4.05. The summed E-state index contributed by atoms with van der Waals surface area (Å²) >= 11 is 0. The van der Waals surface area contributed by atoms with E-state index < -0.39 is 0 Å². The van der Waals surface area contributed by atoms with Crippen molar-refractivity contribution in [3.63, 3.8) is 0 Å². The highest BCUT2D eigenvalue weighted by molar-refractivity contribution is 6.13. The number of aromatic nitrogens is 1. The first-order valence-corrected chi connectivity index (χ1v) is 12.8. The van der Waals surface area contributed by atoms with E-state index in [0.29, 0.717) is 5.56 Å². The molecule has 0 saturated heterocycles. The van der Waals surface area contributed by atoms with Crippen LogP contribution in [-0.4, -0.2) is 4.98 Å². The average Bonchev–Trinajstić information content (AvgIpc) is 3.41. The van der Waals surface area contributed by atoms with Crippen LogP contribution in [0.3, 0.4) is 0 Å². The molecule has 3 nitrogen and oxygen atoms in total. The van der Waals surface area contributed by atoms with Crippen molar-refractivity contribution >= 4 is 21.9 Å². The van der Waals surface area contributed by atoms with E-state index in [4.69, 9.17) is 4.42 Å². The molecule has 3 heteroatoms. The number of nitrogens with zero attached hydrogens (tertiary/aromatic N) is 2. The van der Waals surface area contributed by atoms with E-state index in [1.165, 1.54) is 0 Å². The van der Waals surface area contributed by atoms with E-state index >= 15 is 0 Å². The summed E-state index contributed by atoms with van der Waals surface area (Å²) in [6.45, 7) is 0. The van der Waals surface area contributed by atoms with Gasteiger partial charge in [-0.3, -0.25) is 4.98 Å². The Labute approximate surface area is 226 Å². The molecule has 0 spiro atoms. The second-order valence-electron chi connectivity index (χ2n) is 9.56. The highest BCUT2D eigenvalue weighted by atomic mass is 16.3. The van der Waals surface area contributed by atoms with Gasteiger partial charge in [-0.2, -0.15) is 5.26 Å². The Hall–Kier alpha value is -5.46. The second-order valence-corrected chi connectivity index (χ2v) is 9.56. The maximum Gasteiger partial charge on any atom is 0.143 e. The molecule has 2 heterocycles. The minimum atomic E-state index is 0.658. The number of hydrogen-bond acceptors (Lipinski definition) is 3. The zero-order chi connectivity index (χ0) is 26.2. The van der Waals surface area contributed by atoms with Gasteiger partial charge in [0.15, 0.2) is 0 Å². The summed E-state index contributed by atoms with van der Waals surface area (Å²) < 4.78 is 6.64. The quantitative estimate of drug-likeness (QED) is 0.243. The Kier molecular flexibility index (Phi) is 5.50. The van der Waals surface area contributed by atoms with Crippen molar-refractivity contribution in [1.29, 1.82) is 5.26 Å². The molecule has 0 atom stereocenters. The lowest BCUT2D eigenvalue weighted by molar-refractivity contribution is 0.671. The second kappa shape index (κ2) is 9.45. The van der Waals surface area contributed by atoms with Gasteiger partial charge in [-0.25, -0.2) is 0 Å². The third-order valence-corrected chi connectivity index (χ3v) is 7.24. The molecule has 0 aliphatic carbocycles. The van der Waals surface area contributed by atoms with Crippen LogP contribution in [0.4, 0.5) is 0 Å². The van der Waals surface area contributed by atoms with E-state index in [2.05, 4.69) is 102 Å². The fourth-order valence-corrected chi connectivity index (χ4v) is 5.26. The van der Waals surface area contributed by atoms with Gasteiger partial charge >= 0.3 is 0 Å². The van der Waals surface area contributed by atoms with E-state index in [1.807, 2.05) is 36.5 Å². The number of nitriles is 1. The number of para-hydroxylation sites is 2. The summed E-state index contributed by atoms with van der Waals surface area (Å²) in [5.74, 6) is 0. The maximum atomic E-state index is 9.25. The van der Waals surface area contributed by atoms with Crippen molar-refractivity contribution in [2.45, 2.75) is 0 Å². The van der Waals surface area contributed by atoms with Crippen molar-refractivity contribution in [3.8, 4) is 50.6 Å². The zero-order valence-corrected chi connectivity index (χ0v) is 21.0.